The summed E-state index contributed by atoms with van der Waals surface area (Å²) >= 11 is 0. The number of aromatic nitrogens is 1. The van der Waals surface area contributed by atoms with Crippen LogP contribution in [-0.2, 0) is 0 Å². The van der Waals surface area contributed by atoms with Crippen molar-refractivity contribution in [3.8, 4) is 33.9 Å². The van der Waals surface area contributed by atoms with Crippen LogP contribution in [0.4, 0.5) is 0 Å². The predicted molar refractivity (Wildman–Crippen MR) is 145 cm³/mol. The number of carbonyl (C=O) groups is 1. The van der Waals surface area contributed by atoms with E-state index in [0.717, 1.165) is 38.9 Å². The molecule has 0 spiro atoms. The number of nitrogens with one attached hydrogen (secondary N) is 1. The Kier molecular flexibility index (Phi) is 5.83. The van der Waals surface area contributed by atoms with Crippen LogP contribution < -0.4 is 14.9 Å². The Morgan fingerprint density at radius 1 is 0.784 bits per heavy atom. The van der Waals surface area contributed by atoms with Gasteiger partial charge in [-0.3, -0.25) is 4.79 Å². The molecule has 37 heavy (non-hydrogen) atoms. The molecule has 0 atom stereocenters. The van der Waals surface area contributed by atoms with Gasteiger partial charge in [-0.05, 0) is 48.4 Å². The van der Waals surface area contributed by atoms with Gasteiger partial charge in [0.05, 0.1) is 22.5 Å². The SMILES string of the molecule is CC(=NNC(=O)c1cc(-c2ccc(-c3ccccc3)cc2)nc2ccccc12)c1ccc2c(c1)OCO2. The Morgan fingerprint density at radius 2 is 1.49 bits per heavy atom. The molecule has 0 saturated carbocycles. The molecule has 0 saturated heterocycles. The zero-order chi connectivity index (χ0) is 25.2. The van der Waals surface area contributed by atoms with Crippen molar-refractivity contribution in [2.75, 3.05) is 6.79 Å². The van der Waals surface area contributed by atoms with Crippen LogP contribution >= 0.6 is 0 Å². The maximum Gasteiger partial charge on any atom is 0.272 e. The molecular weight excluding hydrogens is 462 g/mol. The van der Waals surface area contributed by atoms with Gasteiger partial charge in [0.15, 0.2) is 11.5 Å². The summed E-state index contributed by atoms with van der Waals surface area (Å²) < 4.78 is 10.8. The lowest BCUT2D eigenvalue weighted by atomic mass is 10.0. The Labute approximate surface area is 214 Å². The number of hydrogen-bond acceptors (Lipinski definition) is 5. The first kappa shape index (κ1) is 22.5. The third kappa shape index (κ3) is 4.52. The van der Waals surface area contributed by atoms with E-state index < -0.39 is 0 Å². The van der Waals surface area contributed by atoms with E-state index in [9.17, 15) is 4.79 Å². The summed E-state index contributed by atoms with van der Waals surface area (Å²) in [6.07, 6.45) is 0. The van der Waals surface area contributed by atoms with Gasteiger partial charge in [-0.25, -0.2) is 10.4 Å². The fourth-order valence-electron chi connectivity index (χ4n) is 4.36. The van der Waals surface area contributed by atoms with Crippen molar-refractivity contribution in [1.29, 1.82) is 0 Å². The molecule has 0 fully saturated rings. The molecule has 0 bridgehead atoms. The number of amides is 1. The van der Waals surface area contributed by atoms with Gasteiger partial charge in [0.2, 0.25) is 6.79 Å². The monoisotopic (exact) mass is 485 g/mol. The summed E-state index contributed by atoms with van der Waals surface area (Å²) in [4.78, 5) is 18.1. The molecule has 1 N–H and O–H groups in total. The molecule has 6 rings (SSSR count). The normalized spacial score (nSPS) is 12.5. The number of fused-ring (bicyclic) bond motifs is 2. The number of para-hydroxylation sites is 1. The van der Waals surface area contributed by atoms with Crippen molar-refractivity contribution in [2.45, 2.75) is 6.92 Å². The van der Waals surface area contributed by atoms with E-state index in [4.69, 9.17) is 14.5 Å². The van der Waals surface area contributed by atoms with Crippen LogP contribution in [0.15, 0.2) is 108 Å². The van der Waals surface area contributed by atoms with Gasteiger partial charge in [-0.15, -0.1) is 0 Å². The Morgan fingerprint density at radius 3 is 2.32 bits per heavy atom. The first-order valence-electron chi connectivity index (χ1n) is 12.0. The third-order valence-electron chi connectivity index (χ3n) is 6.36. The molecule has 0 aliphatic carbocycles. The lowest BCUT2D eigenvalue weighted by molar-refractivity contribution is 0.0956. The number of ether oxygens (including phenoxy) is 2. The molecule has 6 heteroatoms. The largest absolute Gasteiger partial charge is 0.454 e. The summed E-state index contributed by atoms with van der Waals surface area (Å²) in [5.41, 5.74) is 9.38. The molecule has 1 aromatic heterocycles. The van der Waals surface area contributed by atoms with E-state index in [1.165, 1.54) is 0 Å². The van der Waals surface area contributed by atoms with Gasteiger partial charge >= 0.3 is 0 Å². The van der Waals surface area contributed by atoms with E-state index in [1.54, 1.807) is 0 Å². The van der Waals surface area contributed by atoms with Crippen molar-refractivity contribution < 1.29 is 14.3 Å². The van der Waals surface area contributed by atoms with Crippen LogP contribution in [0.3, 0.4) is 0 Å². The first-order valence-corrected chi connectivity index (χ1v) is 12.0. The highest BCUT2D eigenvalue weighted by atomic mass is 16.7. The maximum absolute atomic E-state index is 13.3. The second-order valence-corrected chi connectivity index (χ2v) is 8.72. The Bertz CT molecular complexity index is 1640. The summed E-state index contributed by atoms with van der Waals surface area (Å²) in [6, 6.07) is 33.4. The highest BCUT2D eigenvalue weighted by molar-refractivity contribution is 6.08. The number of hydrogen-bond donors (Lipinski definition) is 1. The van der Waals surface area contributed by atoms with Crippen LogP contribution in [0.5, 0.6) is 11.5 Å². The highest BCUT2D eigenvalue weighted by Crippen LogP contribution is 2.32. The minimum atomic E-state index is -0.305. The van der Waals surface area contributed by atoms with E-state index in [-0.39, 0.29) is 12.7 Å². The van der Waals surface area contributed by atoms with E-state index >= 15 is 0 Å². The van der Waals surface area contributed by atoms with E-state index in [1.807, 2.05) is 85.8 Å². The van der Waals surface area contributed by atoms with Gasteiger partial charge in [-0.1, -0.05) is 72.8 Å². The molecular formula is C31H23N3O3. The van der Waals surface area contributed by atoms with Crippen LogP contribution in [0.1, 0.15) is 22.8 Å². The van der Waals surface area contributed by atoms with Crippen LogP contribution in [0.2, 0.25) is 0 Å². The molecule has 6 nitrogen and oxygen atoms in total. The summed E-state index contributed by atoms with van der Waals surface area (Å²) in [6.45, 7) is 2.04. The fourth-order valence-corrected chi connectivity index (χ4v) is 4.36. The Hall–Kier alpha value is -4.97. The van der Waals surface area contributed by atoms with Crippen molar-refractivity contribution in [2.24, 2.45) is 5.10 Å². The van der Waals surface area contributed by atoms with Crippen molar-refractivity contribution >= 4 is 22.5 Å². The van der Waals surface area contributed by atoms with Gasteiger partial charge < -0.3 is 9.47 Å². The molecule has 1 aliphatic rings. The molecule has 180 valence electrons. The molecule has 2 heterocycles. The van der Waals surface area contributed by atoms with Gasteiger partial charge in [0.1, 0.15) is 0 Å². The van der Waals surface area contributed by atoms with Crippen LogP contribution in [0.25, 0.3) is 33.3 Å². The fraction of sp³-hybridized carbons (Fsp3) is 0.0645. The average molecular weight is 486 g/mol. The number of carbonyl (C=O) groups excluding carboxylic acids is 1. The number of nitrogens with zero attached hydrogens (tertiary/aromatic N) is 2. The number of rotatable bonds is 5. The van der Waals surface area contributed by atoms with Crippen molar-refractivity contribution in [1.82, 2.24) is 10.4 Å². The second kappa shape index (κ2) is 9.59. The van der Waals surface area contributed by atoms with Crippen LogP contribution in [-0.4, -0.2) is 23.4 Å². The quantitative estimate of drug-likeness (QED) is 0.229. The molecule has 1 amide bonds. The Balaban J connectivity index is 1.30. The van der Waals surface area contributed by atoms with Gasteiger partial charge in [0, 0.05) is 16.5 Å². The zero-order valence-corrected chi connectivity index (χ0v) is 20.1. The average Bonchev–Trinajstić information content (AvgIpc) is 3.44. The lowest BCUT2D eigenvalue weighted by Crippen LogP contribution is -2.20. The second-order valence-electron chi connectivity index (χ2n) is 8.72. The predicted octanol–water partition coefficient (Wildman–Crippen LogP) is 6.45. The standard InChI is InChI=1S/C31H23N3O3/c1-20(24-15-16-29-30(17-24)37-19-36-29)33-34-31(35)26-18-28(32-27-10-6-5-9-25(26)27)23-13-11-22(12-14-23)21-7-3-2-4-8-21/h2-18H,19H2,1H3,(H,34,35). The summed E-state index contributed by atoms with van der Waals surface area (Å²) in [5.74, 6) is 1.07. The smallest absolute Gasteiger partial charge is 0.272 e. The number of benzene rings is 4. The van der Waals surface area contributed by atoms with E-state index in [0.29, 0.717) is 22.8 Å². The molecule has 0 unspecified atom stereocenters. The summed E-state index contributed by atoms with van der Waals surface area (Å²) in [5, 5.41) is 5.12. The number of pyridine rings is 1. The number of hydrazone groups is 1. The summed E-state index contributed by atoms with van der Waals surface area (Å²) in [7, 11) is 0. The molecule has 5 aromatic rings. The van der Waals surface area contributed by atoms with Crippen molar-refractivity contribution in [3.05, 3.63) is 114 Å². The minimum absolute atomic E-state index is 0.206. The maximum atomic E-state index is 13.3. The van der Waals surface area contributed by atoms with Crippen LogP contribution in [0, 0.1) is 0 Å². The molecule has 0 radical (unpaired) electrons. The first-order chi connectivity index (χ1) is 18.2. The van der Waals surface area contributed by atoms with E-state index in [2.05, 4.69) is 34.8 Å². The van der Waals surface area contributed by atoms with Gasteiger partial charge in [0.25, 0.3) is 5.91 Å². The zero-order valence-electron chi connectivity index (χ0n) is 20.1. The molecule has 4 aromatic carbocycles. The van der Waals surface area contributed by atoms with Crippen molar-refractivity contribution in [3.63, 3.8) is 0 Å². The topological polar surface area (TPSA) is 72.8 Å². The minimum Gasteiger partial charge on any atom is -0.454 e. The van der Waals surface area contributed by atoms with Gasteiger partial charge in [-0.2, -0.15) is 5.10 Å². The lowest BCUT2D eigenvalue weighted by Gasteiger charge is -2.10. The molecule has 1 aliphatic heterocycles. The highest BCUT2D eigenvalue weighted by Gasteiger charge is 2.16. The third-order valence-corrected chi connectivity index (χ3v) is 6.36.